The van der Waals surface area contributed by atoms with Crippen molar-refractivity contribution in [3.05, 3.63) is 35.4 Å². The predicted octanol–water partition coefficient (Wildman–Crippen LogP) is 1.94. The van der Waals surface area contributed by atoms with Crippen molar-refractivity contribution in [1.29, 1.82) is 0 Å². The van der Waals surface area contributed by atoms with Crippen LogP contribution in [0.2, 0.25) is 0 Å². The fourth-order valence-corrected chi connectivity index (χ4v) is 2.73. The number of amides is 1. The Hall–Kier alpha value is -1.53. The van der Waals surface area contributed by atoms with Gasteiger partial charge in [-0.3, -0.25) is 4.79 Å². The lowest BCUT2D eigenvalue weighted by Gasteiger charge is -2.34. The molecule has 1 heterocycles. The second kappa shape index (κ2) is 7.15. The van der Waals surface area contributed by atoms with Crippen molar-refractivity contribution in [3.8, 4) is 0 Å². The Morgan fingerprint density at radius 3 is 2.68 bits per heavy atom. The monoisotopic (exact) mass is 312 g/mol. The summed E-state index contributed by atoms with van der Waals surface area (Å²) in [5, 5.41) is 2.85. The van der Waals surface area contributed by atoms with Crippen LogP contribution >= 0.6 is 0 Å². The first kappa shape index (κ1) is 16.8. The quantitative estimate of drug-likeness (QED) is 0.873. The van der Waals surface area contributed by atoms with Gasteiger partial charge in [0.1, 0.15) is 11.6 Å². The summed E-state index contributed by atoms with van der Waals surface area (Å²) in [6.07, 6.45) is 1.18. The first-order valence-electron chi connectivity index (χ1n) is 7.49. The second-order valence-corrected chi connectivity index (χ2v) is 5.87. The fourth-order valence-electron chi connectivity index (χ4n) is 2.73. The smallest absolute Gasteiger partial charge is 0.227 e. The third-order valence-electron chi connectivity index (χ3n) is 4.38. The van der Waals surface area contributed by atoms with Crippen molar-refractivity contribution < 1.29 is 18.3 Å². The van der Waals surface area contributed by atoms with Gasteiger partial charge in [0.05, 0.1) is 5.41 Å². The van der Waals surface area contributed by atoms with Crippen molar-refractivity contribution in [2.24, 2.45) is 11.1 Å². The number of rotatable bonds is 5. The summed E-state index contributed by atoms with van der Waals surface area (Å²) in [6, 6.07) is 3.48. The van der Waals surface area contributed by atoms with Crippen LogP contribution in [0, 0.1) is 17.0 Å². The lowest BCUT2D eigenvalue weighted by atomic mass is 9.79. The zero-order valence-electron chi connectivity index (χ0n) is 12.7. The van der Waals surface area contributed by atoms with E-state index in [-0.39, 0.29) is 24.9 Å². The Bertz CT molecular complexity index is 531. The van der Waals surface area contributed by atoms with E-state index < -0.39 is 17.0 Å². The molecule has 4 nitrogen and oxygen atoms in total. The van der Waals surface area contributed by atoms with Crippen LogP contribution in [-0.2, 0) is 9.53 Å². The number of ether oxygens (including phenoxy) is 1. The number of nitrogens with one attached hydrogen (secondary N) is 1. The van der Waals surface area contributed by atoms with E-state index in [9.17, 15) is 13.6 Å². The molecule has 0 bridgehead atoms. The summed E-state index contributed by atoms with van der Waals surface area (Å²) in [6.45, 7) is 3.38. The van der Waals surface area contributed by atoms with E-state index in [1.54, 1.807) is 6.92 Å². The van der Waals surface area contributed by atoms with Gasteiger partial charge in [-0.25, -0.2) is 8.78 Å². The van der Waals surface area contributed by atoms with Crippen LogP contribution in [0.3, 0.4) is 0 Å². The Morgan fingerprint density at radius 1 is 1.41 bits per heavy atom. The van der Waals surface area contributed by atoms with Gasteiger partial charge in [-0.2, -0.15) is 0 Å². The van der Waals surface area contributed by atoms with Crippen LogP contribution in [0.15, 0.2) is 18.2 Å². The predicted molar refractivity (Wildman–Crippen MR) is 79.3 cm³/mol. The van der Waals surface area contributed by atoms with Gasteiger partial charge in [-0.05, 0) is 24.5 Å². The van der Waals surface area contributed by atoms with Gasteiger partial charge < -0.3 is 15.8 Å². The van der Waals surface area contributed by atoms with Gasteiger partial charge in [-0.1, -0.05) is 13.0 Å². The van der Waals surface area contributed by atoms with E-state index >= 15 is 0 Å². The standard InChI is InChI=1S/C16H22F2N2O2/c1-11(13-3-2-12(17)8-14(13)18)9-20-15(21)16(10-19)4-6-22-7-5-16/h2-3,8,11H,4-7,9-10,19H2,1H3,(H,20,21). The molecule has 0 saturated carbocycles. The van der Waals surface area contributed by atoms with Crippen LogP contribution in [0.5, 0.6) is 0 Å². The van der Waals surface area contributed by atoms with Crippen LogP contribution < -0.4 is 11.1 Å². The SMILES string of the molecule is CC(CNC(=O)C1(CN)CCOCC1)c1ccc(F)cc1F. The van der Waals surface area contributed by atoms with Gasteiger partial charge in [0.15, 0.2) is 0 Å². The average molecular weight is 312 g/mol. The van der Waals surface area contributed by atoms with E-state index in [1.807, 2.05) is 0 Å². The van der Waals surface area contributed by atoms with Crippen molar-refractivity contribution in [2.45, 2.75) is 25.7 Å². The Kier molecular flexibility index (Phi) is 5.47. The van der Waals surface area contributed by atoms with Crippen LogP contribution in [0.4, 0.5) is 8.78 Å². The molecular formula is C16H22F2N2O2. The van der Waals surface area contributed by atoms with Crippen LogP contribution in [0.25, 0.3) is 0 Å². The molecule has 0 spiro atoms. The number of benzene rings is 1. The normalized spacial score (nSPS) is 18.7. The van der Waals surface area contributed by atoms with Gasteiger partial charge in [0, 0.05) is 38.3 Å². The molecule has 3 N–H and O–H groups in total. The highest BCUT2D eigenvalue weighted by atomic mass is 19.1. The summed E-state index contributed by atoms with van der Waals surface area (Å²) in [5.41, 5.74) is 5.57. The highest BCUT2D eigenvalue weighted by Crippen LogP contribution is 2.29. The van der Waals surface area contributed by atoms with Crippen LogP contribution in [0.1, 0.15) is 31.2 Å². The van der Waals surface area contributed by atoms with E-state index in [2.05, 4.69) is 5.32 Å². The Morgan fingerprint density at radius 2 is 2.09 bits per heavy atom. The van der Waals surface area contributed by atoms with Gasteiger partial charge in [0.2, 0.25) is 5.91 Å². The molecule has 6 heteroatoms. The second-order valence-electron chi connectivity index (χ2n) is 5.87. The molecule has 1 aromatic rings. The first-order valence-corrected chi connectivity index (χ1v) is 7.49. The van der Waals surface area contributed by atoms with Gasteiger partial charge in [-0.15, -0.1) is 0 Å². The molecule has 0 aliphatic carbocycles. The molecule has 1 aliphatic heterocycles. The van der Waals surface area contributed by atoms with Crippen molar-refractivity contribution in [1.82, 2.24) is 5.32 Å². The molecule has 22 heavy (non-hydrogen) atoms. The summed E-state index contributed by atoms with van der Waals surface area (Å²) in [4.78, 5) is 12.4. The molecule has 1 saturated heterocycles. The number of hydrogen-bond acceptors (Lipinski definition) is 3. The summed E-state index contributed by atoms with van der Waals surface area (Å²) in [5.74, 6) is -1.57. The molecule has 1 fully saturated rings. The molecule has 1 aliphatic rings. The maximum Gasteiger partial charge on any atom is 0.227 e. The summed E-state index contributed by atoms with van der Waals surface area (Å²) < 4.78 is 31.9. The van der Waals surface area contributed by atoms with E-state index in [0.29, 0.717) is 31.6 Å². The number of halogens is 2. The topological polar surface area (TPSA) is 64.4 Å². The van der Waals surface area contributed by atoms with Crippen molar-refractivity contribution >= 4 is 5.91 Å². The molecule has 122 valence electrons. The van der Waals surface area contributed by atoms with E-state index in [0.717, 1.165) is 6.07 Å². The summed E-state index contributed by atoms with van der Waals surface area (Å²) in [7, 11) is 0. The van der Waals surface area contributed by atoms with Gasteiger partial charge in [0.25, 0.3) is 0 Å². The molecule has 1 atom stereocenters. The maximum atomic E-state index is 13.7. The number of carbonyl (C=O) groups is 1. The van der Waals surface area contributed by atoms with Crippen molar-refractivity contribution in [2.75, 3.05) is 26.3 Å². The largest absolute Gasteiger partial charge is 0.381 e. The molecule has 1 amide bonds. The molecular weight excluding hydrogens is 290 g/mol. The Balaban J connectivity index is 1.97. The van der Waals surface area contributed by atoms with Crippen LogP contribution in [-0.4, -0.2) is 32.2 Å². The van der Waals surface area contributed by atoms with E-state index in [1.165, 1.54) is 12.1 Å². The van der Waals surface area contributed by atoms with Gasteiger partial charge >= 0.3 is 0 Å². The number of carbonyl (C=O) groups excluding carboxylic acids is 1. The minimum Gasteiger partial charge on any atom is -0.381 e. The highest BCUT2D eigenvalue weighted by molar-refractivity contribution is 5.83. The summed E-state index contributed by atoms with van der Waals surface area (Å²) >= 11 is 0. The molecule has 0 radical (unpaired) electrons. The van der Waals surface area contributed by atoms with E-state index in [4.69, 9.17) is 10.5 Å². The maximum absolute atomic E-state index is 13.7. The van der Waals surface area contributed by atoms with Crippen molar-refractivity contribution in [3.63, 3.8) is 0 Å². The zero-order chi connectivity index (χ0) is 16.2. The Labute approximate surface area is 129 Å². The highest BCUT2D eigenvalue weighted by Gasteiger charge is 2.38. The lowest BCUT2D eigenvalue weighted by Crippen LogP contribution is -2.49. The third-order valence-corrected chi connectivity index (χ3v) is 4.38. The molecule has 2 rings (SSSR count). The average Bonchev–Trinajstić information content (AvgIpc) is 2.52. The first-order chi connectivity index (χ1) is 10.5. The minimum atomic E-state index is -0.609. The lowest BCUT2D eigenvalue weighted by molar-refractivity contribution is -0.135. The molecule has 0 aromatic heterocycles. The fraction of sp³-hybridized carbons (Fsp3) is 0.562. The zero-order valence-corrected chi connectivity index (χ0v) is 12.7. The number of hydrogen-bond donors (Lipinski definition) is 2. The number of nitrogens with two attached hydrogens (primary N) is 1. The molecule has 1 unspecified atom stereocenters. The minimum absolute atomic E-state index is 0.118. The molecule has 1 aromatic carbocycles. The third kappa shape index (κ3) is 3.62.